The lowest BCUT2D eigenvalue weighted by Crippen LogP contribution is -2.22. The minimum atomic E-state index is -0.608. The van der Waals surface area contributed by atoms with E-state index in [4.69, 9.17) is 9.47 Å². The summed E-state index contributed by atoms with van der Waals surface area (Å²) in [5.41, 5.74) is 1.54. The monoisotopic (exact) mass is 349 g/mol. The van der Waals surface area contributed by atoms with E-state index in [1.54, 1.807) is 7.11 Å². The van der Waals surface area contributed by atoms with Gasteiger partial charge in [-0.05, 0) is 29.8 Å². The summed E-state index contributed by atoms with van der Waals surface area (Å²) in [6.07, 6.45) is 0. The number of benzene rings is 2. The van der Waals surface area contributed by atoms with Crippen molar-refractivity contribution in [2.75, 3.05) is 19.5 Å². The third-order valence-electron chi connectivity index (χ3n) is 3.03. The third-order valence-corrected chi connectivity index (χ3v) is 3.52. The molecule has 0 saturated carbocycles. The second-order valence-corrected chi connectivity index (χ2v) is 5.27. The van der Waals surface area contributed by atoms with Crippen molar-refractivity contribution < 1.29 is 14.3 Å². The van der Waals surface area contributed by atoms with Gasteiger partial charge >= 0.3 is 5.97 Å². The second-order valence-electron chi connectivity index (χ2n) is 4.36. The van der Waals surface area contributed by atoms with Crippen molar-refractivity contribution in [1.82, 2.24) is 0 Å². The van der Waals surface area contributed by atoms with Crippen molar-refractivity contribution in [1.29, 1.82) is 0 Å². The summed E-state index contributed by atoms with van der Waals surface area (Å²) in [5.74, 6) is 0.306. The Hall–Kier alpha value is -2.01. The first kappa shape index (κ1) is 15.4. The molecule has 0 fully saturated rings. The number of carbonyl (C=O) groups is 1. The van der Waals surface area contributed by atoms with E-state index in [1.807, 2.05) is 48.5 Å². The molecular formula is C16H16BrNO3. The number of para-hydroxylation sites is 2. The molecule has 0 aliphatic rings. The number of ether oxygens (including phenoxy) is 2. The van der Waals surface area contributed by atoms with Gasteiger partial charge in [0.15, 0.2) is 6.04 Å². The fourth-order valence-corrected chi connectivity index (χ4v) is 2.42. The minimum absolute atomic E-state index is 0.362. The molecule has 4 nitrogen and oxygen atoms in total. The molecule has 0 bridgehead atoms. The van der Waals surface area contributed by atoms with E-state index in [0.717, 1.165) is 15.7 Å². The highest BCUT2D eigenvalue weighted by Gasteiger charge is 2.22. The molecule has 0 saturated heterocycles. The Bertz CT molecular complexity index is 630. The van der Waals surface area contributed by atoms with Crippen molar-refractivity contribution in [2.24, 2.45) is 0 Å². The maximum Gasteiger partial charge on any atom is 0.332 e. The van der Waals surface area contributed by atoms with Crippen LogP contribution < -0.4 is 10.1 Å². The molecule has 1 unspecified atom stereocenters. The minimum Gasteiger partial charge on any atom is -0.495 e. The lowest BCUT2D eigenvalue weighted by atomic mass is 10.1. The number of carbonyl (C=O) groups excluding carboxylic acids is 1. The van der Waals surface area contributed by atoms with Crippen LogP contribution in [0.4, 0.5) is 5.69 Å². The van der Waals surface area contributed by atoms with Gasteiger partial charge in [0.05, 0.1) is 19.9 Å². The molecule has 110 valence electrons. The van der Waals surface area contributed by atoms with Gasteiger partial charge in [-0.25, -0.2) is 4.79 Å². The van der Waals surface area contributed by atoms with E-state index >= 15 is 0 Å². The number of hydrogen-bond acceptors (Lipinski definition) is 4. The van der Waals surface area contributed by atoms with E-state index in [2.05, 4.69) is 21.2 Å². The molecule has 0 aliphatic heterocycles. The molecule has 2 aromatic carbocycles. The van der Waals surface area contributed by atoms with Crippen LogP contribution in [0.2, 0.25) is 0 Å². The van der Waals surface area contributed by atoms with Crippen molar-refractivity contribution in [3.05, 3.63) is 58.6 Å². The second kappa shape index (κ2) is 7.13. The topological polar surface area (TPSA) is 47.6 Å². The zero-order valence-corrected chi connectivity index (χ0v) is 13.4. The maximum atomic E-state index is 12.1. The van der Waals surface area contributed by atoms with Gasteiger partial charge in [0.25, 0.3) is 0 Å². The predicted octanol–water partition coefficient (Wildman–Crippen LogP) is 3.78. The highest BCUT2D eigenvalue weighted by molar-refractivity contribution is 9.10. The molecule has 0 radical (unpaired) electrons. The highest BCUT2D eigenvalue weighted by Crippen LogP contribution is 2.29. The van der Waals surface area contributed by atoms with Crippen molar-refractivity contribution >= 4 is 27.6 Å². The molecule has 0 heterocycles. The van der Waals surface area contributed by atoms with Crippen LogP contribution in [-0.4, -0.2) is 20.2 Å². The van der Waals surface area contributed by atoms with Crippen LogP contribution >= 0.6 is 15.9 Å². The van der Waals surface area contributed by atoms with Crippen LogP contribution in [0.1, 0.15) is 11.6 Å². The summed E-state index contributed by atoms with van der Waals surface area (Å²) in [5, 5.41) is 3.17. The fourth-order valence-electron chi connectivity index (χ4n) is 2.00. The van der Waals surface area contributed by atoms with Crippen LogP contribution in [0.25, 0.3) is 0 Å². The Morgan fingerprint density at radius 3 is 2.57 bits per heavy atom. The normalized spacial score (nSPS) is 11.6. The molecule has 0 spiro atoms. The average molecular weight is 350 g/mol. The molecule has 2 rings (SSSR count). The van der Waals surface area contributed by atoms with E-state index in [-0.39, 0.29) is 5.97 Å². The predicted molar refractivity (Wildman–Crippen MR) is 85.5 cm³/mol. The number of esters is 1. The van der Waals surface area contributed by atoms with Gasteiger partial charge in [-0.1, -0.05) is 40.2 Å². The molecule has 1 atom stereocenters. The summed E-state index contributed by atoms with van der Waals surface area (Å²) in [4.78, 5) is 12.1. The molecular weight excluding hydrogens is 334 g/mol. The molecule has 21 heavy (non-hydrogen) atoms. The Labute approximate surface area is 132 Å². The Morgan fingerprint density at radius 1 is 1.14 bits per heavy atom. The fraction of sp³-hybridized carbons (Fsp3) is 0.188. The van der Waals surface area contributed by atoms with Crippen LogP contribution in [-0.2, 0) is 9.53 Å². The zero-order valence-electron chi connectivity index (χ0n) is 11.8. The Morgan fingerprint density at radius 2 is 1.90 bits per heavy atom. The van der Waals surface area contributed by atoms with Gasteiger partial charge in [-0.15, -0.1) is 0 Å². The molecule has 5 heteroatoms. The van der Waals surface area contributed by atoms with Crippen LogP contribution in [0, 0.1) is 0 Å². The zero-order chi connectivity index (χ0) is 15.2. The van der Waals surface area contributed by atoms with Crippen LogP contribution in [0.15, 0.2) is 53.0 Å². The number of anilines is 1. The van der Waals surface area contributed by atoms with Crippen molar-refractivity contribution in [3.8, 4) is 5.75 Å². The molecule has 0 amide bonds. The summed E-state index contributed by atoms with van der Waals surface area (Å²) in [6.45, 7) is 0. The van der Waals surface area contributed by atoms with Gasteiger partial charge < -0.3 is 14.8 Å². The quantitative estimate of drug-likeness (QED) is 0.834. The number of methoxy groups -OCH3 is 2. The first-order valence-electron chi connectivity index (χ1n) is 6.38. The first-order valence-corrected chi connectivity index (χ1v) is 7.18. The van der Waals surface area contributed by atoms with Gasteiger partial charge in [-0.2, -0.15) is 0 Å². The largest absolute Gasteiger partial charge is 0.495 e. The molecule has 2 aromatic rings. The lowest BCUT2D eigenvalue weighted by molar-refractivity contribution is -0.141. The molecule has 1 N–H and O–H groups in total. The van der Waals surface area contributed by atoms with Crippen molar-refractivity contribution in [2.45, 2.75) is 6.04 Å². The standard InChI is InChI=1S/C16H16BrNO3/c1-20-14-9-4-3-8-13(14)18-15(16(19)21-2)11-6-5-7-12(17)10-11/h3-10,15,18H,1-2H3. The van der Waals surface area contributed by atoms with Crippen molar-refractivity contribution in [3.63, 3.8) is 0 Å². The summed E-state index contributed by atoms with van der Waals surface area (Å²) >= 11 is 3.41. The van der Waals surface area contributed by atoms with Gasteiger partial charge in [0.1, 0.15) is 5.75 Å². The number of rotatable bonds is 5. The summed E-state index contributed by atoms with van der Waals surface area (Å²) in [7, 11) is 2.96. The average Bonchev–Trinajstić information content (AvgIpc) is 2.52. The smallest absolute Gasteiger partial charge is 0.332 e. The summed E-state index contributed by atoms with van der Waals surface area (Å²) in [6, 6.07) is 14.4. The SMILES string of the molecule is COC(=O)C(Nc1ccccc1OC)c1cccc(Br)c1. The maximum absolute atomic E-state index is 12.1. The van der Waals surface area contributed by atoms with Gasteiger partial charge in [-0.3, -0.25) is 0 Å². The molecule has 0 aliphatic carbocycles. The number of nitrogens with one attached hydrogen (secondary N) is 1. The first-order chi connectivity index (χ1) is 10.2. The molecule has 0 aromatic heterocycles. The van der Waals surface area contributed by atoms with E-state index in [9.17, 15) is 4.79 Å². The van der Waals surface area contributed by atoms with E-state index in [0.29, 0.717) is 5.75 Å². The summed E-state index contributed by atoms with van der Waals surface area (Å²) < 4.78 is 11.1. The van der Waals surface area contributed by atoms with Gasteiger partial charge in [0, 0.05) is 4.47 Å². The lowest BCUT2D eigenvalue weighted by Gasteiger charge is -2.19. The number of halogens is 1. The Balaban J connectivity index is 2.35. The third kappa shape index (κ3) is 3.76. The van der Waals surface area contributed by atoms with Crippen LogP contribution in [0.5, 0.6) is 5.75 Å². The van der Waals surface area contributed by atoms with E-state index < -0.39 is 6.04 Å². The van der Waals surface area contributed by atoms with Gasteiger partial charge in [0.2, 0.25) is 0 Å². The van der Waals surface area contributed by atoms with Crippen LogP contribution in [0.3, 0.4) is 0 Å². The highest BCUT2D eigenvalue weighted by atomic mass is 79.9. The number of hydrogen-bond donors (Lipinski definition) is 1. The van der Waals surface area contributed by atoms with E-state index in [1.165, 1.54) is 7.11 Å². The Kier molecular flexibility index (Phi) is 5.22.